The first-order valence-electron chi connectivity index (χ1n) is 6.75. The maximum absolute atomic E-state index is 10.8. The highest BCUT2D eigenvalue weighted by Gasteiger charge is 2.17. The first-order chi connectivity index (χ1) is 9.63. The zero-order valence-electron chi connectivity index (χ0n) is 11.3. The Hall–Kier alpha value is -2.23. The molecule has 0 saturated carbocycles. The van der Waals surface area contributed by atoms with Crippen molar-refractivity contribution in [1.82, 2.24) is 0 Å². The average molecular weight is 272 g/mol. The van der Waals surface area contributed by atoms with Crippen LogP contribution >= 0.6 is 0 Å². The van der Waals surface area contributed by atoms with Gasteiger partial charge < -0.3 is 14.3 Å². The lowest BCUT2D eigenvalue weighted by Crippen LogP contribution is -2.02. The summed E-state index contributed by atoms with van der Waals surface area (Å²) in [6.45, 7) is 1.84. The van der Waals surface area contributed by atoms with Crippen molar-refractivity contribution in [2.75, 3.05) is 0 Å². The molecule has 1 aromatic heterocycles. The van der Waals surface area contributed by atoms with Crippen molar-refractivity contribution in [3.05, 3.63) is 53.0 Å². The number of ether oxygens (including phenoxy) is 1. The fourth-order valence-corrected chi connectivity index (χ4v) is 2.57. The van der Waals surface area contributed by atoms with Crippen molar-refractivity contribution in [3.8, 4) is 5.75 Å². The lowest BCUT2D eigenvalue weighted by Gasteiger charge is -2.13. The summed E-state index contributed by atoms with van der Waals surface area (Å²) in [5.74, 6) is 0.180. The fraction of sp³-hybridized carbons (Fsp3) is 0.312. The fourth-order valence-electron chi connectivity index (χ4n) is 2.57. The Labute approximate surface area is 117 Å². The van der Waals surface area contributed by atoms with Crippen LogP contribution < -0.4 is 4.74 Å². The highest BCUT2D eigenvalue weighted by Crippen LogP contribution is 2.29. The van der Waals surface area contributed by atoms with E-state index in [-0.39, 0.29) is 11.9 Å². The van der Waals surface area contributed by atoms with Gasteiger partial charge in [0.2, 0.25) is 5.76 Å². The van der Waals surface area contributed by atoms with Gasteiger partial charge in [0.05, 0.1) is 0 Å². The predicted octanol–water partition coefficient (Wildman–Crippen LogP) is 3.61. The standard InChI is InChI=1S/C16H16O4/c1-10(14-7-8-15(20-14)16(17)18)19-13-6-5-11-3-2-4-12(11)9-13/h5-10H,2-4H2,1H3,(H,17,18). The number of aromatic carboxylic acids is 1. The average Bonchev–Trinajstić information content (AvgIpc) is 3.07. The topological polar surface area (TPSA) is 59.7 Å². The molecule has 1 aliphatic carbocycles. The van der Waals surface area contributed by atoms with Crippen molar-refractivity contribution in [2.45, 2.75) is 32.3 Å². The van der Waals surface area contributed by atoms with Crippen molar-refractivity contribution in [3.63, 3.8) is 0 Å². The number of carbonyl (C=O) groups is 1. The van der Waals surface area contributed by atoms with E-state index in [9.17, 15) is 4.79 Å². The van der Waals surface area contributed by atoms with Gasteiger partial charge in [-0.1, -0.05) is 6.07 Å². The molecule has 0 radical (unpaired) electrons. The van der Waals surface area contributed by atoms with Gasteiger partial charge in [0.15, 0.2) is 6.10 Å². The molecule has 3 rings (SSSR count). The molecule has 0 saturated heterocycles. The number of furan rings is 1. The highest BCUT2D eigenvalue weighted by molar-refractivity contribution is 5.84. The molecule has 0 aliphatic heterocycles. The first-order valence-corrected chi connectivity index (χ1v) is 6.75. The zero-order valence-corrected chi connectivity index (χ0v) is 11.3. The Balaban J connectivity index is 1.74. The van der Waals surface area contributed by atoms with Gasteiger partial charge in [-0.3, -0.25) is 0 Å². The van der Waals surface area contributed by atoms with E-state index < -0.39 is 5.97 Å². The summed E-state index contributed by atoms with van der Waals surface area (Å²) in [7, 11) is 0. The zero-order chi connectivity index (χ0) is 14.1. The van der Waals surface area contributed by atoms with Crippen molar-refractivity contribution in [1.29, 1.82) is 0 Å². The molecule has 0 spiro atoms. The molecule has 1 heterocycles. The monoisotopic (exact) mass is 272 g/mol. The maximum atomic E-state index is 10.8. The summed E-state index contributed by atoms with van der Waals surface area (Å²) in [6, 6.07) is 9.22. The molecule has 1 aliphatic rings. The van der Waals surface area contributed by atoms with Crippen LogP contribution in [0.2, 0.25) is 0 Å². The number of rotatable bonds is 4. The first kappa shape index (κ1) is 12.8. The van der Waals surface area contributed by atoms with Gasteiger partial charge in [0.1, 0.15) is 11.5 Å². The molecule has 2 aromatic rings. The number of hydrogen-bond acceptors (Lipinski definition) is 3. The molecule has 1 unspecified atom stereocenters. The van der Waals surface area contributed by atoms with Gasteiger partial charge in [-0.15, -0.1) is 0 Å². The molecule has 104 valence electrons. The van der Waals surface area contributed by atoms with Crippen LogP contribution in [-0.4, -0.2) is 11.1 Å². The van der Waals surface area contributed by atoms with Crippen LogP contribution in [0.5, 0.6) is 5.75 Å². The number of carboxylic acid groups (broad SMARTS) is 1. The van der Waals surface area contributed by atoms with Crippen LogP contribution in [0.3, 0.4) is 0 Å². The van der Waals surface area contributed by atoms with Crippen LogP contribution in [-0.2, 0) is 12.8 Å². The van der Waals surface area contributed by atoms with E-state index in [0.29, 0.717) is 5.76 Å². The second-order valence-corrected chi connectivity index (χ2v) is 5.05. The second-order valence-electron chi connectivity index (χ2n) is 5.05. The highest BCUT2D eigenvalue weighted by atomic mass is 16.5. The summed E-state index contributed by atoms with van der Waals surface area (Å²) in [5, 5.41) is 8.84. The smallest absolute Gasteiger partial charge is 0.371 e. The van der Waals surface area contributed by atoms with E-state index in [1.54, 1.807) is 6.07 Å². The SMILES string of the molecule is CC(Oc1ccc2c(c1)CCC2)c1ccc(C(=O)O)o1. The molecule has 4 nitrogen and oxygen atoms in total. The van der Waals surface area contributed by atoms with Crippen LogP contribution in [0.15, 0.2) is 34.7 Å². The van der Waals surface area contributed by atoms with Gasteiger partial charge in [-0.2, -0.15) is 0 Å². The van der Waals surface area contributed by atoms with Gasteiger partial charge in [0, 0.05) is 0 Å². The largest absolute Gasteiger partial charge is 0.483 e. The molecule has 1 atom stereocenters. The van der Waals surface area contributed by atoms with E-state index in [4.69, 9.17) is 14.3 Å². The summed E-state index contributed by atoms with van der Waals surface area (Å²) in [6.07, 6.45) is 3.13. The quantitative estimate of drug-likeness (QED) is 0.923. The molecule has 0 bridgehead atoms. The Morgan fingerprint density at radius 1 is 1.25 bits per heavy atom. The van der Waals surface area contributed by atoms with Crippen molar-refractivity contribution < 1.29 is 19.1 Å². The lowest BCUT2D eigenvalue weighted by molar-refractivity contribution is 0.0655. The van der Waals surface area contributed by atoms with Crippen LogP contribution in [0.25, 0.3) is 0 Å². The van der Waals surface area contributed by atoms with E-state index in [1.165, 1.54) is 23.6 Å². The number of fused-ring (bicyclic) bond motifs is 1. The van der Waals surface area contributed by atoms with E-state index in [0.717, 1.165) is 18.6 Å². The molecule has 1 aromatic carbocycles. The van der Waals surface area contributed by atoms with Crippen molar-refractivity contribution >= 4 is 5.97 Å². The molecule has 4 heteroatoms. The minimum absolute atomic E-state index is 0.0654. The van der Waals surface area contributed by atoms with Crippen LogP contribution in [0.4, 0.5) is 0 Å². The van der Waals surface area contributed by atoms with Crippen molar-refractivity contribution in [2.24, 2.45) is 0 Å². The summed E-state index contributed by atoms with van der Waals surface area (Å²) < 4.78 is 11.1. The van der Waals surface area contributed by atoms with Gasteiger partial charge in [-0.25, -0.2) is 4.79 Å². The summed E-state index contributed by atoms with van der Waals surface area (Å²) >= 11 is 0. The number of aryl methyl sites for hydroxylation is 2. The van der Waals surface area contributed by atoms with Crippen LogP contribution in [0.1, 0.15) is 46.9 Å². The minimum Gasteiger partial charge on any atom is -0.483 e. The normalized spacial score (nSPS) is 14.8. The van der Waals surface area contributed by atoms with Crippen LogP contribution in [0, 0.1) is 0 Å². The maximum Gasteiger partial charge on any atom is 0.371 e. The second kappa shape index (κ2) is 5.04. The number of benzene rings is 1. The van der Waals surface area contributed by atoms with Gasteiger partial charge in [-0.05, 0) is 61.6 Å². The van der Waals surface area contributed by atoms with Gasteiger partial charge >= 0.3 is 5.97 Å². The van der Waals surface area contributed by atoms with E-state index >= 15 is 0 Å². The predicted molar refractivity (Wildman–Crippen MR) is 73.2 cm³/mol. The number of carboxylic acids is 1. The Morgan fingerprint density at radius 3 is 2.80 bits per heavy atom. The molecular formula is C16H16O4. The molecule has 0 fully saturated rings. The number of hydrogen-bond donors (Lipinski definition) is 1. The molecule has 0 amide bonds. The van der Waals surface area contributed by atoms with E-state index in [1.807, 2.05) is 13.0 Å². The Bertz CT molecular complexity index is 642. The lowest BCUT2D eigenvalue weighted by atomic mass is 10.1. The Kier molecular flexibility index (Phi) is 3.22. The van der Waals surface area contributed by atoms with E-state index in [2.05, 4.69) is 12.1 Å². The van der Waals surface area contributed by atoms with Gasteiger partial charge in [0.25, 0.3) is 0 Å². The molecule has 1 N–H and O–H groups in total. The minimum atomic E-state index is -1.07. The molecular weight excluding hydrogens is 256 g/mol. The third-order valence-electron chi connectivity index (χ3n) is 3.62. The third-order valence-corrected chi connectivity index (χ3v) is 3.62. The Morgan fingerprint density at radius 2 is 2.05 bits per heavy atom. The molecule has 20 heavy (non-hydrogen) atoms. The summed E-state index contributed by atoms with van der Waals surface area (Å²) in [5.41, 5.74) is 2.75. The summed E-state index contributed by atoms with van der Waals surface area (Å²) in [4.78, 5) is 10.8. The third kappa shape index (κ3) is 2.41.